The van der Waals surface area contributed by atoms with Gasteiger partial charge in [-0.25, -0.2) is 17.7 Å². The zero-order valence-corrected chi connectivity index (χ0v) is 19.5. The van der Waals surface area contributed by atoms with E-state index in [1.54, 1.807) is 24.3 Å². The van der Waals surface area contributed by atoms with Crippen LogP contribution in [0.1, 0.15) is 17.5 Å². The maximum absolute atomic E-state index is 12.2. The van der Waals surface area contributed by atoms with Crippen molar-refractivity contribution in [1.82, 2.24) is 9.29 Å². The number of aryl methyl sites for hydroxylation is 2. The molecule has 31 heavy (non-hydrogen) atoms. The molecule has 1 amide bonds. The monoisotopic (exact) mass is 459 g/mol. The van der Waals surface area contributed by atoms with Gasteiger partial charge in [-0.1, -0.05) is 18.2 Å². The van der Waals surface area contributed by atoms with Crippen LogP contribution in [0.5, 0.6) is 5.75 Å². The molecule has 164 valence electrons. The number of hydrogen-bond acceptors (Lipinski definition) is 6. The minimum absolute atomic E-state index is 0.183. The van der Waals surface area contributed by atoms with Gasteiger partial charge in [0.2, 0.25) is 15.9 Å². The molecule has 1 heterocycles. The third kappa shape index (κ3) is 5.69. The second kappa shape index (κ2) is 9.59. The van der Waals surface area contributed by atoms with Crippen molar-refractivity contribution in [3.8, 4) is 17.0 Å². The average Bonchev–Trinajstić information content (AvgIpc) is 3.19. The van der Waals surface area contributed by atoms with Crippen LogP contribution in [0, 0.1) is 13.8 Å². The number of aromatic nitrogens is 1. The molecule has 0 spiro atoms. The molecule has 3 aromatic rings. The van der Waals surface area contributed by atoms with Crippen LogP contribution in [0.4, 0.5) is 5.13 Å². The summed E-state index contributed by atoms with van der Waals surface area (Å²) in [7, 11) is -0.490. The maximum Gasteiger partial charge on any atom is 0.242 e. The van der Waals surface area contributed by atoms with Gasteiger partial charge >= 0.3 is 0 Å². The predicted octanol–water partition coefficient (Wildman–Crippen LogP) is 4.08. The molecule has 0 saturated heterocycles. The second-order valence-corrected chi connectivity index (χ2v) is 10.3. The predicted molar refractivity (Wildman–Crippen MR) is 123 cm³/mol. The van der Waals surface area contributed by atoms with E-state index in [1.165, 1.54) is 35.3 Å². The quantitative estimate of drug-likeness (QED) is 0.548. The molecule has 1 aromatic heterocycles. The minimum Gasteiger partial charge on any atom is -0.493 e. The van der Waals surface area contributed by atoms with Crippen molar-refractivity contribution in [2.75, 3.05) is 26.0 Å². The first kappa shape index (κ1) is 22.9. The highest BCUT2D eigenvalue weighted by Crippen LogP contribution is 2.26. The summed E-state index contributed by atoms with van der Waals surface area (Å²) in [6.45, 7) is 4.33. The standard InChI is InChI=1S/C22H25N3O4S2/c1-15-5-8-18(13-16(15)2)29-12-11-21(26)24-22-23-20(14-30-22)17-6-9-19(10-7-17)31(27,28)25(3)4/h5-10,13-14H,11-12H2,1-4H3,(H,23,24,26). The molecule has 0 bridgehead atoms. The smallest absolute Gasteiger partial charge is 0.242 e. The number of nitrogens with one attached hydrogen (secondary N) is 1. The summed E-state index contributed by atoms with van der Waals surface area (Å²) in [6.07, 6.45) is 0.207. The van der Waals surface area contributed by atoms with E-state index >= 15 is 0 Å². The first-order valence-corrected chi connectivity index (χ1v) is 12.0. The van der Waals surface area contributed by atoms with Crippen molar-refractivity contribution >= 4 is 32.4 Å². The zero-order valence-electron chi connectivity index (χ0n) is 17.9. The van der Waals surface area contributed by atoms with Crippen LogP contribution >= 0.6 is 11.3 Å². The SMILES string of the molecule is Cc1ccc(OCCC(=O)Nc2nc(-c3ccc(S(=O)(=O)N(C)C)cc3)cs2)cc1C. The van der Waals surface area contributed by atoms with E-state index in [0.29, 0.717) is 10.8 Å². The van der Waals surface area contributed by atoms with Crippen molar-refractivity contribution in [2.24, 2.45) is 0 Å². The number of thiazole rings is 1. The van der Waals surface area contributed by atoms with Gasteiger partial charge in [0.25, 0.3) is 0 Å². The molecule has 0 saturated carbocycles. The summed E-state index contributed by atoms with van der Waals surface area (Å²) in [6, 6.07) is 12.3. The first-order chi connectivity index (χ1) is 14.7. The number of ether oxygens (including phenoxy) is 1. The van der Waals surface area contributed by atoms with E-state index in [9.17, 15) is 13.2 Å². The van der Waals surface area contributed by atoms with Gasteiger partial charge in [0.15, 0.2) is 5.13 Å². The molecule has 3 rings (SSSR count). The Hall–Kier alpha value is -2.75. The molecule has 0 aliphatic rings. The van der Waals surface area contributed by atoms with Gasteiger partial charge in [0.05, 0.1) is 23.6 Å². The minimum atomic E-state index is -3.47. The Morgan fingerprint density at radius 2 is 1.81 bits per heavy atom. The number of benzene rings is 2. The Morgan fingerprint density at radius 3 is 2.45 bits per heavy atom. The van der Waals surface area contributed by atoms with Gasteiger partial charge in [0, 0.05) is 25.0 Å². The van der Waals surface area contributed by atoms with E-state index in [0.717, 1.165) is 16.9 Å². The summed E-state index contributed by atoms with van der Waals surface area (Å²) in [5, 5.41) is 5.07. The lowest BCUT2D eigenvalue weighted by molar-refractivity contribution is -0.116. The lowest BCUT2D eigenvalue weighted by atomic mass is 10.1. The highest BCUT2D eigenvalue weighted by Gasteiger charge is 2.17. The Balaban J connectivity index is 1.55. The van der Waals surface area contributed by atoms with Crippen LogP contribution in [0.3, 0.4) is 0 Å². The molecule has 0 aliphatic heterocycles. The van der Waals surface area contributed by atoms with E-state index in [-0.39, 0.29) is 23.8 Å². The van der Waals surface area contributed by atoms with Crippen molar-refractivity contribution in [1.29, 1.82) is 0 Å². The van der Waals surface area contributed by atoms with Crippen LogP contribution in [-0.2, 0) is 14.8 Å². The van der Waals surface area contributed by atoms with Crippen LogP contribution in [-0.4, -0.2) is 44.3 Å². The number of amides is 1. The van der Waals surface area contributed by atoms with Crippen molar-refractivity contribution in [2.45, 2.75) is 25.2 Å². The van der Waals surface area contributed by atoms with E-state index in [1.807, 2.05) is 37.4 Å². The summed E-state index contributed by atoms with van der Waals surface area (Å²) < 4.78 is 31.2. The van der Waals surface area contributed by atoms with Crippen LogP contribution in [0.2, 0.25) is 0 Å². The molecule has 0 radical (unpaired) electrons. The summed E-state index contributed by atoms with van der Waals surface area (Å²) >= 11 is 1.31. The van der Waals surface area contributed by atoms with Gasteiger partial charge in [-0.2, -0.15) is 0 Å². The lowest BCUT2D eigenvalue weighted by Gasteiger charge is -2.11. The topological polar surface area (TPSA) is 88.6 Å². The molecule has 9 heteroatoms. The molecule has 0 atom stereocenters. The van der Waals surface area contributed by atoms with Gasteiger partial charge in [-0.15, -0.1) is 11.3 Å². The summed E-state index contributed by atoms with van der Waals surface area (Å²) in [4.78, 5) is 16.8. The van der Waals surface area contributed by atoms with E-state index in [4.69, 9.17) is 4.74 Å². The van der Waals surface area contributed by atoms with E-state index in [2.05, 4.69) is 10.3 Å². The van der Waals surface area contributed by atoms with Crippen LogP contribution < -0.4 is 10.1 Å². The highest BCUT2D eigenvalue weighted by atomic mass is 32.2. The molecule has 7 nitrogen and oxygen atoms in total. The molecule has 0 fully saturated rings. The van der Waals surface area contributed by atoms with Crippen molar-refractivity contribution < 1.29 is 17.9 Å². The third-order valence-electron chi connectivity index (χ3n) is 4.76. The Kier molecular flexibility index (Phi) is 7.09. The third-order valence-corrected chi connectivity index (χ3v) is 7.34. The van der Waals surface area contributed by atoms with Crippen molar-refractivity contribution in [3.05, 3.63) is 59.0 Å². The van der Waals surface area contributed by atoms with E-state index < -0.39 is 10.0 Å². The zero-order chi connectivity index (χ0) is 22.6. The molecule has 2 aromatic carbocycles. The summed E-state index contributed by atoms with van der Waals surface area (Å²) in [5.74, 6) is 0.560. The van der Waals surface area contributed by atoms with Crippen molar-refractivity contribution in [3.63, 3.8) is 0 Å². The fourth-order valence-corrected chi connectivity index (χ4v) is 4.36. The van der Waals surface area contributed by atoms with Gasteiger partial charge in [-0.05, 0) is 49.2 Å². The number of carbonyl (C=O) groups excluding carboxylic acids is 1. The molecule has 0 aliphatic carbocycles. The van der Waals surface area contributed by atoms with Gasteiger partial charge in [0.1, 0.15) is 5.75 Å². The maximum atomic E-state index is 12.2. The Morgan fingerprint density at radius 1 is 1.10 bits per heavy atom. The second-order valence-electron chi connectivity index (χ2n) is 7.24. The summed E-state index contributed by atoms with van der Waals surface area (Å²) in [5.41, 5.74) is 3.77. The normalized spacial score (nSPS) is 11.5. The fourth-order valence-electron chi connectivity index (χ4n) is 2.72. The number of anilines is 1. The van der Waals surface area contributed by atoms with Crippen LogP contribution in [0.15, 0.2) is 52.7 Å². The molecular weight excluding hydrogens is 434 g/mol. The lowest BCUT2D eigenvalue weighted by Crippen LogP contribution is -2.22. The number of hydrogen-bond donors (Lipinski definition) is 1. The number of nitrogens with zero attached hydrogens (tertiary/aromatic N) is 2. The largest absolute Gasteiger partial charge is 0.493 e. The molecule has 0 unspecified atom stereocenters. The molecular formula is C22H25N3O4S2. The van der Waals surface area contributed by atoms with Gasteiger partial charge < -0.3 is 10.1 Å². The highest BCUT2D eigenvalue weighted by molar-refractivity contribution is 7.89. The Labute approximate surface area is 186 Å². The average molecular weight is 460 g/mol. The van der Waals surface area contributed by atoms with Gasteiger partial charge in [-0.3, -0.25) is 4.79 Å². The Bertz CT molecular complexity index is 1170. The number of carbonyl (C=O) groups is 1. The molecule has 1 N–H and O–H groups in total. The number of rotatable bonds is 8. The fraction of sp³-hybridized carbons (Fsp3) is 0.273. The van der Waals surface area contributed by atoms with Crippen LogP contribution in [0.25, 0.3) is 11.3 Å². The first-order valence-electron chi connectivity index (χ1n) is 9.65. The number of sulfonamides is 1.